The van der Waals surface area contributed by atoms with Gasteiger partial charge in [0.2, 0.25) is 6.29 Å². The van der Waals surface area contributed by atoms with E-state index in [9.17, 15) is 9.59 Å². The molecule has 0 radical (unpaired) electrons. The fourth-order valence-electron chi connectivity index (χ4n) is 0.860. The number of ether oxygens (including phenoxy) is 3. The summed E-state index contributed by atoms with van der Waals surface area (Å²) < 4.78 is 14.6. The van der Waals surface area contributed by atoms with Gasteiger partial charge in [0.05, 0.1) is 13.2 Å². The minimum Gasteiger partial charge on any atom is -0.454 e. The van der Waals surface area contributed by atoms with E-state index in [1.165, 1.54) is 0 Å². The van der Waals surface area contributed by atoms with E-state index in [2.05, 4.69) is 6.58 Å². The Morgan fingerprint density at radius 1 is 1.46 bits per heavy atom. The van der Waals surface area contributed by atoms with Crippen molar-refractivity contribution in [3.63, 3.8) is 0 Å². The smallest absolute Gasteiger partial charge is 0.330 e. The van der Waals surface area contributed by atoms with Crippen molar-refractivity contribution in [2.75, 3.05) is 13.2 Å². The molecule has 0 unspecified atom stereocenters. The zero-order chi connectivity index (χ0) is 9.68. The summed E-state index contributed by atoms with van der Waals surface area (Å²) in [5.41, 5.74) is 0. The molecule has 1 rings (SSSR count). The van der Waals surface area contributed by atoms with Gasteiger partial charge in [0.1, 0.15) is 6.10 Å². The predicted octanol–water partition coefficient (Wildman–Crippen LogP) is -0.344. The zero-order valence-electron chi connectivity index (χ0n) is 6.97. The van der Waals surface area contributed by atoms with Crippen molar-refractivity contribution in [1.82, 2.24) is 0 Å². The van der Waals surface area contributed by atoms with E-state index in [0.717, 1.165) is 6.08 Å². The van der Waals surface area contributed by atoms with Crippen LogP contribution in [0.2, 0.25) is 0 Å². The summed E-state index contributed by atoms with van der Waals surface area (Å²) in [6.45, 7) is 3.58. The second kappa shape index (κ2) is 4.74. The first-order valence-electron chi connectivity index (χ1n) is 3.78. The van der Waals surface area contributed by atoms with Crippen molar-refractivity contribution >= 4 is 12.3 Å². The minimum absolute atomic E-state index is 0.170. The minimum atomic E-state index is -0.835. The van der Waals surface area contributed by atoms with E-state index in [1.54, 1.807) is 0 Å². The van der Waals surface area contributed by atoms with Crippen molar-refractivity contribution in [2.24, 2.45) is 0 Å². The summed E-state index contributed by atoms with van der Waals surface area (Å²) in [7, 11) is 0. The molecule has 1 heterocycles. The molecule has 13 heavy (non-hydrogen) atoms. The fraction of sp³-hybridized carbons (Fsp3) is 0.500. The number of carbonyl (C=O) groups is 2. The van der Waals surface area contributed by atoms with E-state index < -0.39 is 18.4 Å². The molecule has 1 fully saturated rings. The second-order valence-corrected chi connectivity index (χ2v) is 2.43. The number of esters is 1. The Hall–Kier alpha value is -1.20. The Kier molecular flexibility index (Phi) is 3.60. The van der Waals surface area contributed by atoms with Gasteiger partial charge < -0.3 is 14.2 Å². The summed E-state index contributed by atoms with van der Waals surface area (Å²) in [6.07, 6.45) is 0.317. The van der Waals surface area contributed by atoms with Crippen molar-refractivity contribution in [3.05, 3.63) is 12.7 Å². The molecule has 0 amide bonds. The van der Waals surface area contributed by atoms with Gasteiger partial charge in [-0.3, -0.25) is 4.79 Å². The maximum atomic E-state index is 10.7. The largest absolute Gasteiger partial charge is 0.454 e. The Morgan fingerprint density at radius 2 is 2.08 bits per heavy atom. The van der Waals surface area contributed by atoms with Crippen LogP contribution < -0.4 is 0 Å². The zero-order valence-corrected chi connectivity index (χ0v) is 6.97. The molecule has 5 nitrogen and oxygen atoms in total. The van der Waals surface area contributed by atoms with Crippen LogP contribution in [0.3, 0.4) is 0 Å². The van der Waals surface area contributed by atoms with E-state index >= 15 is 0 Å². The van der Waals surface area contributed by atoms with Crippen LogP contribution in [0.25, 0.3) is 0 Å². The molecule has 0 bridgehead atoms. The molecular weight excluding hydrogens is 176 g/mol. The van der Waals surface area contributed by atoms with Crippen LogP contribution in [0.5, 0.6) is 0 Å². The van der Waals surface area contributed by atoms with Crippen LogP contribution in [0.15, 0.2) is 12.7 Å². The summed E-state index contributed by atoms with van der Waals surface area (Å²) in [4.78, 5) is 20.9. The number of hydrogen-bond donors (Lipinski definition) is 0. The van der Waals surface area contributed by atoms with E-state index in [4.69, 9.17) is 14.2 Å². The summed E-state index contributed by atoms with van der Waals surface area (Å²) in [5.74, 6) is -0.526. The summed E-state index contributed by atoms with van der Waals surface area (Å²) in [6, 6.07) is 0. The number of rotatable bonds is 3. The van der Waals surface area contributed by atoms with Crippen molar-refractivity contribution in [2.45, 2.75) is 12.4 Å². The van der Waals surface area contributed by atoms with Gasteiger partial charge >= 0.3 is 5.97 Å². The summed E-state index contributed by atoms with van der Waals surface area (Å²) >= 11 is 0. The number of carbonyl (C=O) groups excluding carboxylic acids is 2. The lowest BCUT2D eigenvalue weighted by Gasteiger charge is -2.25. The first kappa shape index (κ1) is 9.88. The van der Waals surface area contributed by atoms with Crippen LogP contribution >= 0.6 is 0 Å². The van der Waals surface area contributed by atoms with Gasteiger partial charge in [-0.1, -0.05) is 6.58 Å². The number of aldehydes is 1. The lowest BCUT2D eigenvalue weighted by atomic mass is 10.4. The Balaban J connectivity index is 2.28. The highest BCUT2D eigenvalue weighted by molar-refractivity contribution is 5.81. The maximum Gasteiger partial charge on any atom is 0.330 e. The molecule has 0 aromatic rings. The van der Waals surface area contributed by atoms with Crippen LogP contribution in [-0.2, 0) is 23.8 Å². The highest BCUT2D eigenvalue weighted by atomic mass is 16.7. The van der Waals surface area contributed by atoms with Gasteiger partial charge in [0, 0.05) is 6.08 Å². The SMILES string of the molecule is C=CC(=O)OC1COC(C=O)OC1. The molecule has 1 saturated heterocycles. The molecule has 1 aliphatic heterocycles. The van der Waals surface area contributed by atoms with Crippen LogP contribution in [-0.4, -0.2) is 37.9 Å². The normalized spacial score (nSPS) is 27.7. The second-order valence-electron chi connectivity index (χ2n) is 2.43. The molecular formula is C8H10O5. The average Bonchev–Trinajstić information content (AvgIpc) is 2.19. The van der Waals surface area contributed by atoms with Gasteiger partial charge in [-0.05, 0) is 0 Å². The topological polar surface area (TPSA) is 61.8 Å². The summed E-state index contributed by atoms with van der Waals surface area (Å²) in [5, 5.41) is 0. The first-order chi connectivity index (χ1) is 6.26. The fourth-order valence-corrected chi connectivity index (χ4v) is 0.860. The molecule has 0 saturated carbocycles. The lowest BCUT2D eigenvalue weighted by Crippen LogP contribution is -2.38. The van der Waals surface area contributed by atoms with E-state index in [1.807, 2.05) is 0 Å². The standard InChI is InChI=1S/C8H10O5/c1-2-7(10)13-6-4-11-8(3-9)12-5-6/h2-3,6,8H,1,4-5H2. The Bertz CT molecular complexity index is 205. The average molecular weight is 186 g/mol. The van der Waals surface area contributed by atoms with Crippen LogP contribution in [0, 0.1) is 0 Å². The van der Waals surface area contributed by atoms with Gasteiger partial charge in [0.25, 0.3) is 0 Å². The van der Waals surface area contributed by atoms with E-state index in [0.29, 0.717) is 6.29 Å². The predicted molar refractivity (Wildman–Crippen MR) is 41.8 cm³/mol. The molecule has 0 atom stereocenters. The third-order valence-corrected chi connectivity index (χ3v) is 1.45. The van der Waals surface area contributed by atoms with Crippen LogP contribution in [0.1, 0.15) is 0 Å². The Morgan fingerprint density at radius 3 is 2.54 bits per heavy atom. The molecule has 0 aromatic carbocycles. The van der Waals surface area contributed by atoms with Crippen molar-refractivity contribution in [1.29, 1.82) is 0 Å². The first-order valence-corrected chi connectivity index (χ1v) is 3.78. The number of hydrogen-bond acceptors (Lipinski definition) is 5. The van der Waals surface area contributed by atoms with Gasteiger partial charge in [0.15, 0.2) is 6.29 Å². The van der Waals surface area contributed by atoms with Gasteiger partial charge in [-0.25, -0.2) is 4.79 Å². The molecule has 72 valence electrons. The quantitative estimate of drug-likeness (QED) is 0.342. The molecule has 5 heteroatoms. The van der Waals surface area contributed by atoms with Crippen molar-refractivity contribution in [3.8, 4) is 0 Å². The maximum absolute atomic E-state index is 10.7. The third kappa shape index (κ3) is 2.96. The third-order valence-electron chi connectivity index (χ3n) is 1.45. The van der Waals surface area contributed by atoms with Crippen LogP contribution in [0.4, 0.5) is 0 Å². The van der Waals surface area contributed by atoms with Crippen molar-refractivity contribution < 1.29 is 23.8 Å². The highest BCUT2D eigenvalue weighted by Crippen LogP contribution is 2.06. The molecule has 0 aliphatic carbocycles. The molecule has 0 spiro atoms. The molecule has 0 aromatic heterocycles. The van der Waals surface area contributed by atoms with E-state index in [-0.39, 0.29) is 13.2 Å². The lowest BCUT2D eigenvalue weighted by molar-refractivity contribution is -0.213. The van der Waals surface area contributed by atoms with Gasteiger partial charge in [-0.2, -0.15) is 0 Å². The monoisotopic (exact) mass is 186 g/mol. The Labute approximate surface area is 75.3 Å². The highest BCUT2D eigenvalue weighted by Gasteiger charge is 2.23. The van der Waals surface area contributed by atoms with Gasteiger partial charge in [-0.15, -0.1) is 0 Å². The molecule has 1 aliphatic rings. The molecule has 0 N–H and O–H groups in total.